The summed E-state index contributed by atoms with van der Waals surface area (Å²) < 4.78 is 5.22. The molecule has 0 saturated heterocycles. The Morgan fingerprint density at radius 1 is 1.38 bits per heavy atom. The second-order valence-electron chi connectivity index (χ2n) is 3.66. The van der Waals surface area contributed by atoms with Crippen LogP contribution in [0.25, 0.3) is 0 Å². The molecule has 0 amide bonds. The first-order valence-electron chi connectivity index (χ1n) is 5.51. The molecular formula is C14H19NO. The summed E-state index contributed by atoms with van der Waals surface area (Å²) in [6.45, 7) is 5.75. The first-order chi connectivity index (χ1) is 7.77. The van der Waals surface area contributed by atoms with Gasteiger partial charge in [-0.05, 0) is 31.0 Å². The van der Waals surface area contributed by atoms with Gasteiger partial charge in [0.05, 0.1) is 7.11 Å². The fraction of sp³-hybridized carbons (Fsp3) is 0.429. The van der Waals surface area contributed by atoms with Gasteiger partial charge in [-0.1, -0.05) is 12.1 Å². The Bertz CT molecular complexity index is 387. The molecule has 0 saturated carbocycles. The molecule has 0 fully saturated rings. The summed E-state index contributed by atoms with van der Waals surface area (Å²) in [5.41, 5.74) is 2.46. The van der Waals surface area contributed by atoms with E-state index >= 15 is 0 Å². The molecule has 0 radical (unpaired) electrons. The molecular weight excluding hydrogens is 198 g/mol. The summed E-state index contributed by atoms with van der Waals surface area (Å²) in [6.07, 6.45) is 0.908. The van der Waals surface area contributed by atoms with E-state index in [4.69, 9.17) is 4.74 Å². The maximum Gasteiger partial charge on any atom is 0.121 e. The average Bonchev–Trinajstić information content (AvgIpc) is 2.29. The van der Waals surface area contributed by atoms with Crippen LogP contribution in [0.1, 0.15) is 24.5 Å². The predicted octanol–water partition coefficient (Wildman–Crippen LogP) is 2.51. The lowest BCUT2D eigenvalue weighted by Crippen LogP contribution is -2.14. The third-order valence-corrected chi connectivity index (χ3v) is 2.39. The SMILES string of the molecule is CC#CCCNCc1ccc(OC)c(C)c1. The van der Waals surface area contributed by atoms with E-state index in [0.29, 0.717) is 0 Å². The zero-order valence-electron chi connectivity index (χ0n) is 10.3. The monoisotopic (exact) mass is 217 g/mol. The van der Waals surface area contributed by atoms with E-state index in [1.807, 2.05) is 13.0 Å². The van der Waals surface area contributed by atoms with E-state index in [2.05, 4.69) is 36.2 Å². The van der Waals surface area contributed by atoms with Gasteiger partial charge in [0.1, 0.15) is 5.75 Å². The van der Waals surface area contributed by atoms with E-state index in [-0.39, 0.29) is 0 Å². The minimum absolute atomic E-state index is 0.885. The van der Waals surface area contributed by atoms with Gasteiger partial charge in [0, 0.05) is 19.5 Å². The van der Waals surface area contributed by atoms with Gasteiger partial charge in [-0.3, -0.25) is 0 Å². The van der Waals surface area contributed by atoms with Crippen molar-refractivity contribution < 1.29 is 4.74 Å². The van der Waals surface area contributed by atoms with Crippen LogP contribution in [0.4, 0.5) is 0 Å². The highest BCUT2D eigenvalue weighted by Crippen LogP contribution is 2.18. The van der Waals surface area contributed by atoms with Crippen molar-refractivity contribution in [1.82, 2.24) is 5.32 Å². The van der Waals surface area contributed by atoms with Crippen LogP contribution in [-0.2, 0) is 6.54 Å². The normalized spacial score (nSPS) is 9.44. The van der Waals surface area contributed by atoms with Crippen molar-refractivity contribution in [3.05, 3.63) is 29.3 Å². The second-order valence-corrected chi connectivity index (χ2v) is 3.66. The molecule has 0 aliphatic heterocycles. The number of ether oxygens (including phenoxy) is 1. The molecule has 0 unspecified atom stereocenters. The maximum absolute atomic E-state index is 5.22. The Morgan fingerprint density at radius 2 is 2.19 bits per heavy atom. The maximum atomic E-state index is 5.22. The highest BCUT2D eigenvalue weighted by atomic mass is 16.5. The number of nitrogens with one attached hydrogen (secondary N) is 1. The highest BCUT2D eigenvalue weighted by molar-refractivity contribution is 5.36. The van der Waals surface area contributed by atoms with Crippen LogP contribution in [0.3, 0.4) is 0 Å². The van der Waals surface area contributed by atoms with Crippen molar-refractivity contribution in [2.75, 3.05) is 13.7 Å². The van der Waals surface area contributed by atoms with E-state index in [9.17, 15) is 0 Å². The topological polar surface area (TPSA) is 21.3 Å². The molecule has 0 aliphatic rings. The van der Waals surface area contributed by atoms with Gasteiger partial charge < -0.3 is 10.1 Å². The summed E-state index contributed by atoms with van der Waals surface area (Å²) in [5, 5.41) is 3.36. The fourth-order valence-corrected chi connectivity index (χ4v) is 1.56. The van der Waals surface area contributed by atoms with Crippen LogP contribution in [0.15, 0.2) is 18.2 Å². The van der Waals surface area contributed by atoms with Gasteiger partial charge in [0.15, 0.2) is 0 Å². The van der Waals surface area contributed by atoms with Gasteiger partial charge in [-0.2, -0.15) is 0 Å². The van der Waals surface area contributed by atoms with Crippen molar-refractivity contribution in [3.8, 4) is 17.6 Å². The highest BCUT2D eigenvalue weighted by Gasteiger charge is 1.99. The van der Waals surface area contributed by atoms with Crippen molar-refractivity contribution in [2.45, 2.75) is 26.8 Å². The molecule has 1 aromatic rings. The Hall–Kier alpha value is -1.46. The Labute approximate surface area is 98.0 Å². The zero-order valence-corrected chi connectivity index (χ0v) is 10.3. The van der Waals surface area contributed by atoms with E-state index in [1.54, 1.807) is 7.11 Å². The van der Waals surface area contributed by atoms with Gasteiger partial charge >= 0.3 is 0 Å². The largest absolute Gasteiger partial charge is 0.496 e. The molecule has 0 aromatic heterocycles. The van der Waals surface area contributed by atoms with Crippen molar-refractivity contribution >= 4 is 0 Å². The van der Waals surface area contributed by atoms with Crippen LogP contribution in [-0.4, -0.2) is 13.7 Å². The lowest BCUT2D eigenvalue weighted by Gasteiger charge is -2.07. The van der Waals surface area contributed by atoms with E-state index in [0.717, 1.165) is 25.3 Å². The van der Waals surface area contributed by atoms with Crippen molar-refractivity contribution in [1.29, 1.82) is 0 Å². The molecule has 1 N–H and O–H groups in total. The van der Waals surface area contributed by atoms with Crippen LogP contribution in [0, 0.1) is 18.8 Å². The molecule has 0 aliphatic carbocycles. The number of methoxy groups -OCH3 is 1. The quantitative estimate of drug-likeness (QED) is 0.604. The summed E-state index contributed by atoms with van der Waals surface area (Å²) in [7, 11) is 1.70. The second kappa shape index (κ2) is 6.92. The summed E-state index contributed by atoms with van der Waals surface area (Å²) in [4.78, 5) is 0. The van der Waals surface area contributed by atoms with Crippen LogP contribution in [0.5, 0.6) is 5.75 Å². The summed E-state index contributed by atoms with van der Waals surface area (Å²) in [6, 6.07) is 6.25. The Kier molecular flexibility index (Phi) is 5.45. The molecule has 1 aromatic carbocycles. The lowest BCUT2D eigenvalue weighted by atomic mass is 10.1. The molecule has 0 heterocycles. The Morgan fingerprint density at radius 3 is 2.81 bits per heavy atom. The molecule has 0 spiro atoms. The van der Waals surface area contributed by atoms with Gasteiger partial charge in [-0.15, -0.1) is 11.8 Å². The number of hydrogen-bond acceptors (Lipinski definition) is 2. The molecule has 0 atom stereocenters. The first-order valence-corrected chi connectivity index (χ1v) is 5.51. The Balaban J connectivity index is 2.42. The number of rotatable bonds is 5. The standard InChI is InChI=1S/C14H19NO/c1-4-5-6-9-15-11-13-7-8-14(16-3)12(2)10-13/h7-8,10,15H,6,9,11H2,1-3H3. The minimum Gasteiger partial charge on any atom is -0.496 e. The molecule has 86 valence electrons. The third kappa shape index (κ3) is 3.96. The molecule has 1 rings (SSSR count). The van der Waals surface area contributed by atoms with E-state index in [1.165, 1.54) is 11.1 Å². The third-order valence-electron chi connectivity index (χ3n) is 2.39. The fourth-order valence-electron chi connectivity index (χ4n) is 1.56. The molecule has 16 heavy (non-hydrogen) atoms. The van der Waals surface area contributed by atoms with Crippen molar-refractivity contribution in [2.24, 2.45) is 0 Å². The van der Waals surface area contributed by atoms with Gasteiger partial charge in [0.25, 0.3) is 0 Å². The smallest absolute Gasteiger partial charge is 0.121 e. The number of hydrogen-bond donors (Lipinski definition) is 1. The number of aryl methyl sites for hydroxylation is 1. The summed E-state index contributed by atoms with van der Waals surface area (Å²) >= 11 is 0. The van der Waals surface area contributed by atoms with Crippen LogP contribution in [0.2, 0.25) is 0 Å². The molecule has 2 nitrogen and oxygen atoms in total. The van der Waals surface area contributed by atoms with Crippen LogP contribution < -0.4 is 10.1 Å². The zero-order chi connectivity index (χ0) is 11.8. The predicted molar refractivity (Wildman–Crippen MR) is 67.5 cm³/mol. The van der Waals surface area contributed by atoms with Gasteiger partial charge in [0.2, 0.25) is 0 Å². The van der Waals surface area contributed by atoms with Crippen LogP contribution >= 0.6 is 0 Å². The lowest BCUT2D eigenvalue weighted by molar-refractivity contribution is 0.411. The van der Waals surface area contributed by atoms with Gasteiger partial charge in [-0.25, -0.2) is 0 Å². The average molecular weight is 217 g/mol. The first kappa shape index (κ1) is 12.6. The molecule has 2 heteroatoms. The van der Waals surface area contributed by atoms with Crippen molar-refractivity contribution in [3.63, 3.8) is 0 Å². The minimum atomic E-state index is 0.885. The summed E-state index contributed by atoms with van der Waals surface area (Å²) in [5.74, 6) is 6.86. The van der Waals surface area contributed by atoms with E-state index < -0.39 is 0 Å². The number of benzene rings is 1. The molecule has 0 bridgehead atoms.